The number of hydrogen-bond donors (Lipinski definition) is 2. The van der Waals surface area contributed by atoms with Crippen LogP contribution in [-0.4, -0.2) is 23.4 Å². The largest absolute Gasteiger partial charge is 0.433 e. The average molecular weight is 255 g/mol. The van der Waals surface area contributed by atoms with E-state index in [1.807, 2.05) is 13.8 Å². The summed E-state index contributed by atoms with van der Waals surface area (Å²) in [6.45, 7) is 4.65. The maximum Gasteiger partial charge on any atom is 0.433 e. The fourth-order valence-electron chi connectivity index (χ4n) is 1.37. The smallest absolute Gasteiger partial charge is 0.404 e. The lowest BCUT2D eigenvalue weighted by Gasteiger charge is -2.08. The Balaban J connectivity index is 2.21. The number of rotatable bonds is 7. The Morgan fingerprint density at radius 1 is 1.50 bits per heavy atom. The van der Waals surface area contributed by atoms with Crippen LogP contribution in [0.2, 0.25) is 0 Å². The highest BCUT2D eigenvalue weighted by Gasteiger charge is 2.11. The molecule has 100 valence electrons. The molecule has 0 spiro atoms. The Morgan fingerprint density at radius 3 is 2.78 bits per heavy atom. The number of nitrogens with zero attached hydrogens (tertiary/aromatic N) is 1. The zero-order valence-corrected chi connectivity index (χ0v) is 10.4. The van der Waals surface area contributed by atoms with Gasteiger partial charge in [-0.15, -0.1) is 0 Å². The number of nitrogens with one attached hydrogen (secondary N) is 2. The molecule has 1 rings (SSSR count). The summed E-state index contributed by atoms with van der Waals surface area (Å²) >= 11 is 0. The Hall–Kier alpha value is -1.89. The van der Waals surface area contributed by atoms with Crippen LogP contribution < -0.4 is 10.6 Å². The quantitative estimate of drug-likeness (QED) is 0.433. The fraction of sp³-hybridized carbons (Fsp3) is 0.545. The maximum atomic E-state index is 11.3. The van der Waals surface area contributed by atoms with Gasteiger partial charge < -0.3 is 15.1 Å². The van der Waals surface area contributed by atoms with Crippen LogP contribution in [0, 0.1) is 10.1 Å². The Kier molecular flexibility index (Phi) is 5.31. The van der Waals surface area contributed by atoms with Gasteiger partial charge in [0.05, 0.1) is 12.6 Å². The number of carbonyl (C=O) groups excluding carboxylic acids is 1. The van der Waals surface area contributed by atoms with E-state index in [4.69, 9.17) is 4.42 Å². The van der Waals surface area contributed by atoms with Crippen molar-refractivity contribution in [2.75, 3.05) is 6.54 Å². The van der Waals surface area contributed by atoms with Gasteiger partial charge in [-0.05, 0) is 19.9 Å². The normalized spacial score (nSPS) is 10.6. The van der Waals surface area contributed by atoms with E-state index in [1.54, 1.807) is 6.07 Å². The van der Waals surface area contributed by atoms with Gasteiger partial charge in [-0.2, -0.15) is 0 Å². The Labute approximate surface area is 105 Å². The predicted octanol–water partition coefficient (Wildman–Crippen LogP) is 1.19. The predicted molar refractivity (Wildman–Crippen MR) is 65.0 cm³/mol. The molecule has 1 heterocycles. The van der Waals surface area contributed by atoms with Crippen LogP contribution >= 0.6 is 0 Å². The molecular formula is C11H17N3O4. The van der Waals surface area contributed by atoms with Crippen LogP contribution in [0.5, 0.6) is 0 Å². The molecule has 0 saturated carbocycles. The molecule has 0 saturated heterocycles. The average Bonchev–Trinajstić information content (AvgIpc) is 2.72. The van der Waals surface area contributed by atoms with Crippen molar-refractivity contribution in [1.29, 1.82) is 0 Å². The van der Waals surface area contributed by atoms with Crippen molar-refractivity contribution in [2.45, 2.75) is 32.9 Å². The highest BCUT2D eigenvalue weighted by molar-refractivity contribution is 5.76. The standard InChI is InChI=1S/C11H17N3O4/c1-8(2)13-10(15)5-6-12-7-9-3-4-11(18-9)14(16)17/h3-4,8,12H,5-7H2,1-2H3,(H,13,15). The third kappa shape index (κ3) is 4.96. The topological polar surface area (TPSA) is 97.4 Å². The van der Waals surface area contributed by atoms with Gasteiger partial charge >= 0.3 is 5.88 Å². The minimum absolute atomic E-state index is 0.0251. The van der Waals surface area contributed by atoms with Crippen molar-refractivity contribution in [3.8, 4) is 0 Å². The molecule has 0 aromatic carbocycles. The molecule has 7 nitrogen and oxygen atoms in total. The van der Waals surface area contributed by atoms with E-state index in [0.717, 1.165) is 0 Å². The van der Waals surface area contributed by atoms with Crippen molar-refractivity contribution in [3.63, 3.8) is 0 Å². The molecule has 18 heavy (non-hydrogen) atoms. The minimum Gasteiger partial charge on any atom is -0.404 e. The first-order chi connectivity index (χ1) is 8.49. The van der Waals surface area contributed by atoms with Crippen LogP contribution in [-0.2, 0) is 11.3 Å². The lowest BCUT2D eigenvalue weighted by atomic mass is 10.3. The minimum atomic E-state index is -0.584. The molecule has 0 unspecified atom stereocenters. The third-order valence-corrected chi connectivity index (χ3v) is 2.11. The van der Waals surface area contributed by atoms with Gasteiger partial charge in [0.1, 0.15) is 10.7 Å². The molecule has 0 radical (unpaired) electrons. The summed E-state index contributed by atoms with van der Waals surface area (Å²) in [5.41, 5.74) is 0. The summed E-state index contributed by atoms with van der Waals surface area (Å²) in [5.74, 6) is 0.179. The summed E-state index contributed by atoms with van der Waals surface area (Å²) < 4.78 is 4.95. The zero-order valence-electron chi connectivity index (χ0n) is 10.4. The van der Waals surface area contributed by atoms with Gasteiger partial charge in [-0.1, -0.05) is 0 Å². The van der Waals surface area contributed by atoms with Crippen LogP contribution in [0.25, 0.3) is 0 Å². The van der Waals surface area contributed by atoms with Crippen molar-refractivity contribution < 1.29 is 14.1 Å². The monoisotopic (exact) mass is 255 g/mol. The summed E-state index contributed by atoms with van der Waals surface area (Å²) in [5, 5.41) is 16.1. The number of nitro groups is 1. The van der Waals surface area contributed by atoms with Crippen LogP contribution in [0.15, 0.2) is 16.5 Å². The molecule has 0 aliphatic rings. The molecule has 0 aliphatic carbocycles. The summed E-state index contributed by atoms with van der Waals surface area (Å²) in [7, 11) is 0. The lowest BCUT2D eigenvalue weighted by molar-refractivity contribution is -0.402. The van der Waals surface area contributed by atoms with Crippen LogP contribution in [0.3, 0.4) is 0 Å². The Morgan fingerprint density at radius 2 is 2.22 bits per heavy atom. The number of amides is 1. The van der Waals surface area contributed by atoms with Crippen molar-refractivity contribution in [3.05, 3.63) is 28.0 Å². The molecule has 1 aromatic heterocycles. The molecule has 2 N–H and O–H groups in total. The van der Waals surface area contributed by atoms with Gasteiger partial charge in [0.15, 0.2) is 0 Å². The highest BCUT2D eigenvalue weighted by atomic mass is 16.6. The van der Waals surface area contributed by atoms with E-state index in [-0.39, 0.29) is 17.8 Å². The molecular weight excluding hydrogens is 238 g/mol. The van der Waals surface area contributed by atoms with Crippen molar-refractivity contribution >= 4 is 11.8 Å². The number of furan rings is 1. The van der Waals surface area contributed by atoms with E-state index < -0.39 is 4.92 Å². The first kappa shape index (κ1) is 14.2. The maximum absolute atomic E-state index is 11.3. The highest BCUT2D eigenvalue weighted by Crippen LogP contribution is 2.14. The summed E-state index contributed by atoms with van der Waals surface area (Å²) in [6, 6.07) is 2.98. The third-order valence-electron chi connectivity index (χ3n) is 2.11. The fourth-order valence-corrected chi connectivity index (χ4v) is 1.37. The molecule has 7 heteroatoms. The molecule has 0 aliphatic heterocycles. The van der Waals surface area contributed by atoms with Crippen molar-refractivity contribution in [1.82, 2.24) is 10.6 Å². The lowest BCUT2D eigenvalue weighted by Crippen LogP contribution is -2.32. The molecule has 0 bridgehead atoms. The van der Waals surface area contributed by atoms with Gasteiger partial charge in [-0.3, -0.25) is 14.9 Å². The molecule has 1 aromatic rings. The second-order valence-corrected chi connectivity index (χ2v) is 4.15. The van der Waals surface area contributed by atoms with Crippen molar-refractivity contribution in [2.24, 2.45) is 0 Å². The van der Waals surface area contributed by atoms with Gasteiger partial charge in [0.2, 0.25) is 5.91 Å². The van der Waals surface area contributed by atoms with E-state index >= 15 is 0 Å². The molecule has 0 atom stereocenters. The second kappa shape index (κ2) is 6.75. The van der Waals surface area contributed by atoms with E-state index in [0.29, 0.717) is 25.3 Å². The molecule has 0 fully saturated rings. The number of hydrogen-bond acceptors (Lipinski definition) is 5. The van der Waals surface area contributed by atoms with E-state index in [2.05, 4.69) is 10.6 Å². The summed E-state index contributed by atoms with van der Waals surface area (Å²) in [4.78, 5) is 21.1. The van der Waals surface area contributed by atoms with Gasteiger partial charge in [0.25, 0.3) is 0 Å². The van der Waals surface area contributed by atoms with Crippen LogP contribution in [0.1, 0.15) is 26.0 Å². The Bertz CT molecular complexity index is 414. The van der Waals surface area contributed by atoms with Crippen LogP contribution in [0.4, 0.5) is 5.88 Å². The first-order valence-electron chi connectivity index (χ1n) is 5.72. The molecule has 1 amide bonds. The second-order valence-electron chi connectivity index (χ2n) is 4.15. The van der Waals surface area contributed by atoms with Gasteiger partial charge in [-0.25, -0.2) is 0 Å². The summed E-state index contributed by atoms with van der Waals surface area (Å²) in [6.07, 6.45) is 0.362. The first-order valence-corrected chi connectivity index (χ1v) is 5.72. The van der Waals surface area contributed by atoms with Gasteiger partial charge in [0, 0.05) is 19.0 Å². The number of carbonyl (C=O) groups is 1. The van der Waals surface area contributed by atoms with E-state index in [1.165, 1.54) is 6.07 Å². The zero-order chi connectivity index (χ0) is 13.5. The van der Waals surface area contributed by atoms with E-state index in [9.17, 15) is 14.9 Å². The SMILES string of the molecule is CC(C)NC(=O)CCNCc1ccc([N+](=O)[O-])o1.